The van der Waals surface area contributed by atoms with E-state index in [-0.39, 0.29) is 30.0 Å². The number of halogens is 3. The van der Waals surface area contributed by atoms with Crippen molar-refractivity contribution in [1.82, 2.24) is 4.72 Å². The molecule has 0 aliphatic rings. The molecule has 2 atom stereocenters. The van der Waals surface area contributed by atoms with E-state index in [9.17, 15) is 22.9 Å². The third-order valence-electron chi connectivity index (χ3n) is 3.22. The van der Waals surface area contributed by atoms with Crippen LogP contribution in [0.15, 0.2) is 22.6 Å². The number of rotatable bonds is 7. The van der Waals surface area contributed by atoms with Gasteiger partial charge >= 0.3 is 5.97 Å². The molecule has 0 saturated carbocycles. The molecule has 142 valence electrons. The van der Waals surface area contributed by atoms with Gasteiger partial charge in [-0.2, -0.15) is 0 Å². The van der Waals surface area contributed by atoms with Crippen LogP contribution in [0.2, 0.25) is 0 Å². The van der Waals surface area contributed by atoms with Gasteiger partial charge in [-0.15, -0.1) is 0 Å². The van der Waals surface area contributed by atoms with Crippen LogP contribution in [0.25, 0.3) is 11.3 Å². The van der Waals surface area contributed by atoms with Gasteiger partial charge in [-0.25, -0.2) is 17.7 Å². The third-order valence-corrected chi connectivity index (χ3v) is 4.54. The Hall–Kier alpha value is -1.82. The zero-order valence-electron chi connectivity index (χ0n) is 13.3. The second-order valence-corrected chi connectivity index (χ2v) is 6.96. The lowest BCUT2D eigenvalue weighted by molar-refractivity contribution is -0.132. The monoisotopic (exact) mass is 453 g/mol. The summed E-state index contributed by atoms with van der Waals surface area (Å²) in [6.07, 6.45) is 0.193. The molecule has 26 heavy (non-hydrogen) atoms. The van der Waals surface area contributed by atoms with Crippen LogP contribution < -0.4 is 9.46 Å². The van der Waals surface area contributed by atoms with Gasteiger partial charge in [0.15, 0.2) is 23.2 Å². The van der Waals surface area contributed by atoms with E-state index in [0.717, 1.165) is 13.0 Å². The molecule has 1 aromatic carbocycles. The quantitative estimate of drug-likeness (QED) is 0.336. The predicted molar refractivity (Wildman–Crippen MR) is 92.1 cm³/mol. The van der Waals surface area contributed by atoms with Gasteiger partial charge in [0.05, 0.1) is 10.4 Å². The van der Waals surface area contributed by atoms with Crippen LogP contribution in [-0.4, -0.2) is 26.4 Å². The maximum absolute atomic E-state index is 14.0. The number of furan rings is 1. The highest BCUT2D eigenvalue weighted by molar-refractivity contribution is 9.09. The van der Waals surface area contributed by atoms with Crippen LogP contribution in [0, 0.1) is 11.6 Å². The van der Waals surface area contributed by atoms with Gasteiger partial charge in [-0.1, -0.05) is 22.0 Å². The van der Waals surface area contributed by atoms with Crippen LogP contribution in [-0.2, 0) is 16.1 Å². The fourth-order valence-electron chi connectivity index (χ4n) is 2.14. The van der Waals surface area contributed by atoms with E-state index in [4.69, 9.17) is 13.7 Å². The molecule has 0 spiro atoms. The molecule has 0 fully saturated rings. The number of nitrogens with one attached hydrogen (secondary N) is 1. The first-order valence-corrected chi connectivity index (χ1v) is 9.21. The van der Waals surface area contributed by atoms with Crippen molar-refractivity contribution >= 4 is 33.2 Å². The average molecular weight is 454 g/mol. The van der Waals surface area contributed by atoms with Crippen molar-refractivity contribution < 1.29 is 36.6 Å². The van der Waals surface area contributed by atoms with Crippen LogP contribution in [0.1, 0.15) is 23.9 Å². The Bertz CT molecular complexity index is 844. The summed E-state index contributed by atoms with van der Waals surface area (Å²) >= 11 is 1.03. The number of hydrogen-bond acceptors (Lipinski definition) is 5. The number of aromatic hydroxyl groups is 1. The van der Waals surface area contributed by atoms with Crippen molar-refractivity contribution in [2.75, 3.05) is 6.54 Å². The standard InChI is InChI=1S/C15H14BrF2NO6S/c1-7(20)24-15-12(21)13(8-3-2-4-10(17)11(8)18)25-14(15)9(16)5-6-19-26(22)23/h2-4,9,19,21H,5-6H2,1H3,(H,22,23). The zero-order chi connectivity index (χ0) is 19.4. The van der Waals surface area contributed by atoms with E-state index in [1.807, 2.05) is 0 Å². The molecule has 2 unspecified atom stereocenters. The minimum atomic E-state index is -2.21. The Kier molecular flexibility index (Phi) is 6.87. The summed E-state index contributed by atoms with van der Waals surface area (Å²) in [7, 11) is 0. The normalized spacial score (nSPS) is 13.4. The Morgan fingerprint density at radius 3 is 2.77 bits per heavy atom. The summed E-state index contributed by atoms with van der Waals surface area (Å²) in [5.74, 6) is -4.60. The Morgan fingerprint density at radius 2 is 2.15 bits per heavy atom. The maximum atomic E-state index is 14.0. The van der Waals surface area contributed by atoms with Crippen molar-refractivity contribution in [1.29, 1.82) is 0 Å². The third kappa shape index (κ3) is 4.67. The zero-order valence-corrected chi connectivity index (χ0v) is 15.7. The average Bonchev–Trinajstić information content (AvgIpc) is 2.86. The summed E-state index contributed by atoms with van der Waals surface area (Å²) in [4.78, 5) is 10.6. The second-order valence-electron chi connectivity index (χ2n) is 5.07. The van der Waals surface area contributed by atoms with Crippen molar-refractivity contribution in [3.63, 3.8) is 0 Å². The molecule has 0 bridgehead atoms. The van der Waals surface area contributed by atoms with E-state index in [1.54, 1.807) is 0 Å². The summed E-state index contributed by atoms with van der Waals surface area (Å²) in [6, 6.07) is 3.33. The molecule has 2 aromatic rings. The molecule has 0 aliphatic heterocycles. The predicted octanol–water partition coefficient (Wildman–Crippen LogP) is 3.41. The van der Waals surface area contributed by atoms with Gasteiger partial charge in [-0.3, -0.25) is 9.35 Å². The van der Waals surface area contributed by atoms with Crippen LogP contribution in [0.3, 0.4) is 0 Å². The van der Waals surface area contributed by atoms with E-state index in [0.29, 0.717) is 0 Å². The largest absolute Gasteiger partial charge is 0.502 e. The first-order valence-electron chi connectivity index (χ1n) is 7.19. The molecular weight excluding hydrogens is 440 g/mol. The fourth-order valence-corrected chi connectivity index (χ4v) is 2.96. The lowest BCUT2D eigenvalue weighted by Gasteiger charge is -2.08. The molecule has 3 N–H and O–H groups in total. The second kappa shape index (κ2) is 8.71. The molecular formula is C15H14BrF2NO6S. The number of esters is 1. The van der Waals surface area contributed by atoms with Gasteiger partial charge in [0.25, 0.3) is 0 Å². The number of carbonyl (C=O) groups is 1. The maximum Gasteiger partial charge on any atom is 0.308 e. The molecule has 0 aliphatic carbocycles. The van der Waals surface area contributed by atoms with Crippen LogP contribution >= 0.6 is 15.9 Å². The number of carbonyl (C=O) groups excluding carboxylic acids is 1. The van der Waals surface area contributed by atoms with E-state index in [1.165, 1.54) is 12.1 Å². The van der Waals surface area contributed by atoms with Gasteiger partial charge in [0, 0.05) is 13.5 Å². The lowest BCUT2D eigenvalue weighted by atomic mass is 10.1. The van der Waals surface area contributed by atoms with Crippen molar-refractivity contribution in [3.8, 4) is 22.8 Å². The first kappa shape index (κ1) is 20.5. The molecule has 0 radical (unpaired) electrons. The highest BCUT2D eigenvalue weighted by atomic mass is 79.9. The highest BCUT2D eigenvalue weighted by Gasteiger charge is 2.30. The molecule has 0 saturated heterocycles. The minimum absolute atomic E-state index is 0.0538. The summed E-state index contributed by atoms with van der Waals surface area (Å²) < 4.78 is 59.4. The molecule has 7 nitrogen and oxygen atoms in total. The van der Waals surface area contributed by atoms with Crippen molar-refractivity contribution in [2.24, 2.45) is 0 Å². The molecule has 11 heteroatoms. The van der Waals surface area contributed by atoms with Gasteiger partial charge in [0.1, 0.15) is 0 Å². The smallest absolute Gasteiger partial charge is 0.308 e. The van der Waals surface area contributed by atoms with E-state index in [2.05, 4.69) is 20.7 Å². The van der Waals surface area contributed by atoms with Crippen LogP contribution in [0.5, 0.6) is 11.5 Å². The molecule has 0 amide bonds. The lowest BCUT2D eigenvalue weighted by Crippen LogP contribution is -2.18. The first-order chi connectivity index (χ1) is 12.2. The van der Waals surface area contributed by atoms with E-state index >= 15 is 0 Å². The van der Waals surface area contributed by atoms with Gasteiger partial charge < -0.3 is 14.3 Å². The minimum Gasteiger partial charge on any atom is -0.502 e. The topological polar surface area (TPSA) is 109 Å². The molecule has 2 rings (SSSR count). The van der Waals surface area contributed by atoms with Gasteiger partial charge in [0.2, 0.25) is 22.8 Å². The van der Waals surface area contributed by atoms with Crippen LogP contribution in [0.4, 0.5) is 8.78 Å². The number of ether oxygens (including phenoxy) is 1. The number of alkyl halides is 1. The molecule has 1 heterocycles. The van der Waals surface area contributed by atoms with E-state index < -0.39 is 45.2 Å². The Morgan fingerprint density at radius 1 is 1.46 bits per heavy atom. The van der Waals surface area contributed by atoms with Crippen molar-refractivity contribution in [2.45, 2.75) is 18.2 Å². The number of benzene rings is 1. The summed E-state index contributed by atoms with van der Waals surface area (Å²) in [5, 5.41) is 10.3. The SMILES string of the molecule is CC(=O)Oc1c(C(Br)CCNS(=O)O)oc(-c2cccc(F)c2F)c1O. The van der Waals surface area contributed by atoms with Crippen molar-refractivity contribution in [3.05, 3.63) is 35.6 Å². The highest BCUT2D eigenvalue weighted by Crippen LogP contribution is 2.48. The Labute approximate surface area is 157 Å². The fraction of sp³-hybridized carbons (Fsp3) is 0.267. The Balaban J connectivity index is 2.45. The van der Waals surface area contributed by atoms with Gasteiger partial charge in [-0.05, 0) is 18.6 Å². The summed E-state index contributed by atoms with van der Waals surface area (Å²) in [6.45, 7) is 1.17. The molecule has 1 aromatic heterocycles. The number of hydrogen-bond donors (Lipinski definition) is 3. The summed E-state index contributed by atoms with van der Waals surface area (Å²) in [5.41, 5.74) is -0.351.